The molecule has 1 rings (SSSR count). The van der Waals surface area contributed by atoms with Gasteiger partial charge in [0.05, 0.1) is 5.56 Å². The summed E-state index contributed by atoms with van der Waals surface area (Å²) in [6.07, 6.45) is 2.64. The van der Waals surface area contributed by atoms with Crippen LogP contribution in [0.2, 0.25) is 0 Å². The highest BCUT2D eigenvalue weighted by molar-refractivity contribution is 5.90. The van der Waals surface area contributed by atoms with Gasteiger partial charge in [-0.1, -0.05) is 26.7 Å². The number of unbranched alkanes of at least 4 members (excludes halogenated alkanes) is 1. The van der Waals surface area contributed by atoms with Crippen LogP contribution in [0.1, 0.15) is 37.0 Å². The Hall–Kier alpha value is -1.71. The van der Waals surface area contributed by atoms with Crippen molar-refractivity contribution in [2.45, 2.75) is 26.7 Å². The number of nitrogen functional groups attached to an aromatic ring is 2. The minimum atomic E-state index is -1.02. The van der Waals surface area contributed by atoms with Crippen LogP contribution in [0.15, 0.2) is 18.2 Å². The molecule has 0 unspecified atom stereocenters. The summed E-state index contributed by atoms with van der Waals surface area (Å²) in [6.45, 7) is 4.36. The second-order valence-electron chi connectivity index (χ2n) is 3.19. The molecule has 0 saturated heterocycles. The van der Waals surface area contributed by atoms with Crippen molar-refractivity contribution in [1.29, 1.82) is 0 Å². The SMILES string of the molecule is CCCC.Nc1cc(N)cc(C(=O)O)c1. The minimum absolute atomic E-state index is 0.113. The van der Waals surface area contributed by atoms with E-state index in [-0.39, 0.29) is 5.56 Å². The summed E-state index contributed by atoms with van der Waals surface area (Å²) >= 11 is 0. The molecule has 0 heterocycles. The van der Waals surface area contributed by atoms with Crippen LogP contribution in [0.5, 0.6) is 0 Å². The molecule has 4 heteroatoms. The molecule has 0 aliphatic carbocycles. The van der Waals surface area contributed by atoms with Gasteiger partial charge in [0.15, 0.2) is 0 Å². The van der Waals surface area contributed by atoms with Gasteiger partial charge in [0.25, 0.3) is 0 Å². The second-order valence-corrected chi connectivity index (χ2v) is 3.19. The van der Waals surface area contributed by atoms with Crippen LogP contribution in [0, 0.1) is 0 Å². The summed E-state index contributed by atoms with van der Waals surface area (Å²) in [5, 5.41) is 8.52. The number of nitrogens with two attached hydrogens (primary N) is 2. The Morgan fingerprint density at radius 3 is 1.80 bits per heavy atom. The molecule has 0 atom stereocenters. The molecule has 84 valence electrons. The molecule has 1 aromatic carbocycles. The second kappa shape index (κ2) is 6.70. The third kappa shape index (κ3) is 5.57. The molecular weight excluding hydrogens is 192 g/mol. The van der Waals surface area contributed by atoms with Crippen molar-refractivity contribution in [3.63, 3.8) is 0 Å². The van der Waals surface area contributed by atoms with E-state index in [1.165, 1.54) is 31.0 Å². The van der Waals surface area contributed by atoms with Crippen molar-refractivity contribution in [1.82, 2.24) is 0 Å². The number of anilines is 2. The largest absolute Gasteiger partial charge is 0.478 e. The van der Waals surface area contributed by atoms with Gasteiger partial charge in [0.2, 0.25) is 0 Å². The molecule has 0 saturated carbocycles. The van der Waals surface area contributed by atoms with Gasteiger partial charge in [-0.15, -0.1) is 0 Å². The fraction of sp³-hybridized carbons (Fsp3) is 0.364. The first-order chi connectivity index (χ1) is 7.01. The molecule has 0 amide bonds. The van der Waals surface area contributed by atoms with Crippen LogP contribution in [0.3, 0.4) is 0 Å². The van der Waals surface area contributed by atoms with Crippen molar-refractivity contribution < 1.29 is 9.90 Å². The Morgan fingerprint density at radius 2 is 1.53 bits per heavy atom. The summed E-state index contributed by atoms with van der Waals surface area (Å²) in [5.74, 6) is -1.02. The number of carboxylic acid groups (broad SMARTS) is 1. The molecule has 0 bridgehead atoms. The van der Waals surface area contributed by atoms with E-state index in [2.05, 4.69) is 13.8 Å². The molecule has 0 spiro atoms. The van der Waals surface area contributed by atoms with E-state index in [9.17, 15) is 4.79 Å². The zero-order valence-corrected chi connectivity index (χ0v) is 9.16. The Labute approximate surface area is 89.9 Å². The van der Waals surface area contributed by atoms with Crippen LogP contribution in [-0.2, 0) is 0 Å². The van der Waals surface area contributed by atoms with Crippen molar-refractivity contribution in [3.8, 4) is 0 Å². The fourth-order valence-corrected chi connectivity index (χ4v) is 0.800. The topological polar surface area (TPSA) is 89.3 Å². The Balaban J connectivity index is 0.000000423. The maximum absolute atomic E-state index is 10.4. The standard InChI is InChI=1S/C7H8N2O2.C4H10/c8-5-1-4(7(10)11)2-6(9)3-5;1-3-4-2/h1-3H,8-9H2,(H,10,11);3-4H2,1-2H3. The summed E-state index contributed by atoms with van der Waals surface area (Å²) in [4.78, 5) is 10.4. The molecule has 0 aliphatic rings. The Morgan fingerprint density at radius 1 is 1.13 bits per heavy atom. The summed E-state index contributed by atoms with van der Waals surface area (Å²) in [5.41, 5.74) is 11.5. The first kappa shape index (κ1) is 13.3. The van der Waals surface area contributed by atoms with Crippen molar-refractivity contribution >= 4 is 17.3 Å². The number of benzene rings is 1. The number of hydrogen-bond donors (Lipinski definition) is 3. The van der Waals surface area contributed by atoms with Gasteiger partial charge in [-0.3, -0.25) is 0 Å². The molecule has 0 aromatic heterocycles. The Bertz CT molecular complexity index is 302. The van der Waals surface area contributed by atoms with E-state index in [0.29, 0.717) is 11.4 Å². The summed E-state index contributed by atoms with van der Waals surface area (Å²) in [7, 11) is 0. The van der Waals surface area contributed by atoms with Crippen LogP contribution < -0.4 is 11.5 Å². The number of rotatable bonds is 2. The predicted octanol–water partition coefficient (Wildman–Crippen LogP) is 2.36. The van der Waals surface area contributed by atoms with Crippen LogP contribution in [0.25, 0.3) is 0 Å². The lowest BCUT2D eigenvalue weighted by Crippen LogP contribution is -1.99. The van der Waals surface area contributed by atoms with Crippen LogP contribution in [0.4, 0.5) is 11.4 Å². The van der Waals surface area contributed by atoms with E-state index in [1.807, 2.05) is 0 Å². The van der Waals surface area contributed by atoms with Gasteiger partial charge in [0.1, 0.15) is 0 Å². The number of carbonyl (C=O) groups is 1. The van der Waals surface area contributed by atoms with E-state index in [0.717, 1.165) is 0 Å². The molecule has 1 aromatic rings. The molecule has 0 radical (unpaired) electrons. The Kier molecular flexibility index (Phi) is 5.94. The number of carboxylic acids is 1. The van der Waals surface area contributed by atoms with Gasteiger partial charge in [0, 0.05) is 11.4 Å². The van der Waals surface area contributed by atoms with Crippen molar-refractivity contribution in [3.05, 3.63) is 23.8 Å². The zero-order valence-electron chi connectivity index (χ0n) is 9.16. The quantitative estimate of drug-likeness (QED) is 0.653. The smallest absolute Gasteiger partial charge is 0.335 e. The van der Waals surface area contributed by atoms with Gasteiger partial charge >= 0.3 is 5.97 Å². The van der Waals surface area contributed by atoms with Gasteiger partial charge in [-0.2, -0.15) is 0 Å². The predicted molar refractivity (Wildman–Crippen MR) is 62.8 cm³/mol. The lowest BCUT2D eigenvalue weighted by Gasteiger charge is -1.98. The van der Waals surface area contributed by atoms with Crippen molar-refractivity contribution in [2.24, 2.45) is 0 Å². The lowest BCUT2D eigenvalue weighted by molar-refractivity contribution is 0.0697. The number of hydrogen-bond acceptors (Lipinski definition) is 3. The third-order valence-electron chi connectivity index (χ3n) is 1.72. The first-order valence-corrected chi connectivity index (χ1v) is 4.90. The van der Waals surface area contributed by atoms with Crippen molar-refractivity contribution in [2.75, 3.05) is 11.5 Å². The van der Waals surface area contributed by atoms with E-state index in [4.69, 9.17) is 16.6 Å². The van der Waals surface area contributed by atoms with E-state index >= 15 is 0 Å². The zero-order chi connectivity index (χ0) is 11.8. The maximum Gasteiger partial charge on any atom is 0.335 e. The monoisotopic (exact) mass is 210 g/mol. The lowest BCUT2D eigenvalue weighted by atomic mass is 10.2. The fourth-order valence-electron chi connectivity index (χ4n) is 0.800. The average molecular weight is 210 g/mol. The molecule has 0 aliphatic heterocycles. The maximum atomic E-state index is 10.4. The molecule has 5 N–H and O–H groups in total. The van der Waals surface area contributed by atoms with Gasteiger partial charge in [-0.05, 0) is 18.2 Å². The van der Waals surface area contributed by atoms with Gasteiger partial charge < -0.3 is 16.6 Å². The highest BCUT2D eigenvalue weighted by Crippen LogP contribution is 2.12. The molecule has 15 heavy (non-hydrogen) atoms. The van der Waals surface area contributed by atoms with E-state index in [1.54, 1.807) is 0 Å². The molecular formula is C11H18N2O2. The van der Waals surface area contributed by atoms with Crippen LogP contribution in [-0.4, -0.2) is 11.1 Å². The minimum Gasteiger partial charge on any atom is -0.478 e. The van der Waals surface area contributed by atoms with E-state index < -0.39 is 5.97 Å². The number of aromatic carboxylic acids is 1. The summed E-state index contributed by atoms with van der Waals surface area (Å²) < 4.78 is 0. The highest BCUT2D eigenvalue weighted by atomic mass is 16.4. The first-order valence-electron chi connectivity index (χ1n) is 4.90. The van der Waals surface area contributed by atoms with Crippen LogP contribution >= 0.6 is 0 Å². The average Bonchev–Trinajstić information content (AvgIpc) is 2.16. The highest BCUT2D eigenvalue weighted by Gasteiger charge is 2.02. The third-order valence-corrected chi connectivity index (χ3v) is 1.72. The van der Waals surface area contributed by atoms with Gasteiger partial charge in [-0.25, -0.2) is 4.79 Å². The normalized spacial score (nSPS) is 8.93. The molecule has 4 nitrogen and oxygen atoms in total. The molecule has 0 fully saturated rings. The summed E-state index contributed by atoms with van der Waals surface area (Å²) in [6, 6.07) is 4.23.